The van der Waals surface area contributed by atoms with E-state index in [1.807, 2.05) is 35.4 Å². The van der Waals surface area contributed by atoms with E-state index in [4.69, 9.17) is 0 Å². The highest BCUT2D eigenvalue weighted by Gasteiger charge is 2.30. The van der Waals surface area contributed by atoms with E-state index in [-0.39, 0.29) is 12.1 Å². The molecule has 3 heterocycles. The van der Waals surface area contributed by atoms with E-state index in [2.05, 4.69) is 15.3 Å². The number of hydrogen-bond donors (Lipinski definition) is 2. The third-order valence-electron chi connectivity index (χ3n) is 3.69. The minimum atomic E-state index is -0.00101. The summed E-state index contributed by atoms with van der Waals surface area (Å²) in [6.45, 7) is 1.35. The molecule has 2 amide bonds. The number of nitrogens with one attached hydrogen (secondary N) is 2. The van der Waals surface area contributed by atoms with Crippen molar-refractivity contribution >= 4 is 6.03 Å². The second kappa shape index (κ2) is 5.77. The molecule has 1 atom stereocenters. The highest BCUT2D eigenvalue weighted by atomic mass is 16.2. The lowest BCUT2D eigenvalue weighted by Crippen LogP contribution is -2.39. The molecule has 1 aliphatic rings. The molecule has 104 valence electrons. The number of carbonyl (C=O) groups is 1. The summed E-state index contributed by atoms with van der Waals surface area (Å²) in [5, 5.41) is 2.98. The van der Waals surface area contributed by atoms with Crippen molar-refractivity contribution in [3.05, 3.63) is 54.1 Å². The first kappa shape index (κ1) is 12.7. The average molecular weight is 270 g/mol. The minimum Gasteiger partial charge on any atom is -0.363 e. The molecule has 3 rings (SSSR count). The molecule has 0 spiro atoms. The molecule has 2 aromatic rings. The summed E-state index contributed by atoms with van der Waals surface area (Å²) < 4.78 is 0. The van der Waals surface area contributed by atoms with Crippen LogP contribution in [0.1, 0.15) is 30.1 Å². The van der Waals surface area contributed by atoms with Crippen LogP contribution in [0.5, 0.6) is 0 Å². The quantitative estimate of drug-likeness (QED) is 0.900. The van der Waals surface area contributed by atoms with Crippen LogP contribution in [-0.4, -0.2) is 27.4 Å². The van der Waals surface area contributed by atoms with Gasteiger partial charge < -0.3 is 15.2 Å². The Kier molecular flexibility index (Phi) is 3.67. The van der Waals surface area contributed by atoms with Gasteiger partial charge in [-0.1, -0.05) is 0 Å². The fourth-order valence-corrected chi connectivity index (χ4v) is 2.66. The van der Waals surface area contributed by atoms with Gasteiger partial charge in [0.2, 0.25) is 0 Å². The Hall–Kier alpha value is -2.30. The van der Waals surface area contributed by atoms with Crippen molar-refractivity contribution in [2.45, 2.75) is 25.4 Å². The molecule has 2 N–H and O–H groups in total. The van der Waals surface area contributed by atoms with Gasteiger partial charge in [-0.2, -0.15) is 0 Å². The standard InChI is InChI=1S/C15H18N4O/c20-15(18-11-12-5-8-16-9-6-12)19-10-2-4-14(19)13-3-1-7-17-13/h1,3,5-9,14,17H,2,4,10-11H2,(H,18,20)/t14-/m0/s1. The molecule has 0 bridgehead atoms. The van der Waals surface area contributed by atoms with Gasteiger partial charge in [-0.3, -0.25) is 4.98 Å². The third-order valence-corrected chi connectivity index (χ3v) is 3.69. The van der Waals surface area contributed by atoms with E-state index in [9.17, 15) is 4.79 Å². The van der Waals surface area contributed by atoms with Gasteiger partial charge in [0.05, 0.1) is 6.04 Å². The predicted octanol–water partition coefficient (Wildman–Crippen LogP) is 2.46. The fourth-order valence-electron chi connectivity index (χ4n) is 2.66. The zero-order valence-electron chi connectivity index (χ0n) is 11.2. The third kappa shape index (κ3) is 2.66. The number of H-pyrrole nitrogens is 1. The second-order valence-electron chi connectivity index (χ2n) is 4.99. The van der Waals surface area contributed by atoms with Crippen molar-refractivity contribution in [2.24, 2.45) is 0 Å². The second-order valence-corrected chi connectivity index (χ2v) is 4.99. The summed E-state index contributed by atoms with van der Waals surface area (Å²) in [6, 6.07) is 8.00. The van der Waals surface area contributed by atoms with Crippen molar-refractivity contribution < 1.29 is 4.79 Å². The Balaban J connectivity index is 1.62. The average Bonchev–Trinajstić information content (AvgIpc) is 3.15. The number of amides is 2. The van der Waals surface area contributed by atoms with Crippen molar-refractivity contribution in [3.63, 3.8) is 0 Å². The van der Waals surface area contributed by atoms with Gasteiger partial charge in [0.15, 0.2) is 0 Å². The highest BCUT2D eigenvalue weighted by molar-refractivity contribution is 5.75. The molecular weight excluding hydrogens is 252 g/mol. The number of aromatic nitrogens is 2. The van der Waals surface area contributed by atoms with Crippen LogP contribution in [0, 0.1) is 0 Å². The fraction of sp³-hybridized carbons (Fsp3) is 0.333. The van der Waals surface area contributed by atoms with Crippen LogP contribution in [0.2, 0.25) is 0 Å². The van der Waals surface area contributed by atoms with Crippen molar-refractivity contribution in [2.75, 3.05) is 6.54 Å². The van der Waals surface area contributed by atoms with Gasteiger partial charge in [0.1, 0.15) is 0 Å². The van der Waals surface area contributed by atoms with E-state index in [1.165, 1.54) is 0 Å². The zero-order chi connectivity index (χ0) is 13.8. The number of rotatable bonds is 3. The first-order valence-corrected chi connectivity index (χ1v) is 6.91. The van der Waals surface area contributed by atoms with Crippen LogP contribution in [0.15, 0.2) is 42.9 Å². The number of nitrogens with zero attached hydrogens (tertiary/aromatic N) is 2. The van der Waals surface area contributed by atoms with E-state index in [0.717, 1.165) is 30.6 Å². The van der Waals surface area contributed by atoms with Crippen LogP contribution < -0.4 is 5.32 Å². The lowest BCUT2D eigenvalue weighted by Gasteiger charge is -2.24. The molecule has 0 aromatic carbocycles. The van der Waals surface area contributed by atoms with E-state index in [0.29, 0.717) is 6.54 Å². The maximum Gasteiger partial charge on any atom is 0.318 e. The number of pyridine rings is 1. The Morgan fingerprint density at radius 1 is 1.40 bits per heavy atom. The van der Waals surface area contributed by atoms with Crippen LogP contribution >= 0.6 is 0 Å². The summed E-state index contributed by atoms with van der Waals surface area (Å²) in [5.41, 5.74) is 2.17. The van der Waals surface area contributed by atoms with Gasteiger partial charge in [0.25, 0.3) is 0 Å². The van der Waals surface area contributed by atoms with Gasteiger partial charge in [-0.05, 0) is 42.7 Å². The molecule has 1 fully saturated rings. The smallest absolute Gasteiger partial charge is 0.318 e. The number of likely N-dealkylation sites (tertiary alicyclic amines) is 1. The first-order valence-electron chi connectivity index (χ1n) is 6.91. The molecule has 2 aromatic heterocycles. The van der Waals surface area contributed by atoms with Crippen LogP contribution in [0.3, 0.4) is 0 Å². The summed E-state index contributed by atoms with van der Waals surface area (Å²) in [4.78, 5) is 21.4. The van der Waals surface area contributed by atoms with Crippen LogP contribution in [0.25, 0.3) is 0 Å². The molecular formula is C15H18N4O. The molecule has 20 heavy (non-hydrogen) atoms. The number of carbonyl (C=O) groups excluding carboxylic acids is 1. The van der Waals surface area contributed by atoms with E-state index in [1.54, 1.807) is 12.4 Å². The van der Waals surface area contributed by atoms with Gasteiger partial charge in [-0.15, -0.1) is 0 Å². The monoisotopic (exact) mass is 270 g/mol. The molecule has 5 heteroatoms. The first-order chi connectivity index (χ1) is 9.84. The maximum atomic E-state index is 12.3. The van der Waals surface area contributed by atoms with Gasteiger partial charge >= 0.3 is 6.03 Å². The SMILES string of the molecule is O=C(NCc1ccncc1)N1CCC[C@H]1c1ccc[nH]1. The van der Waals surface area contributed by atoms with Crippen molar-refractivity contribution in [3.8, 4) is 0 Å². The van der Waals surface area contributed by atoms with Crippen LogP contribution in [0.4, 0.5) is 4.79 Å². The van der Waals surface area contributed by atoms with Gasteiger partial charge in [0, 0.05) is 37.4 Å². The molecule has 0 aliphatic carbocycles. The Bertz CT molecular complexity index is 553. The Labute approximate surface area is 118 Å². The van der Waals surface area contributed by atoms with Crippen LogP contribution in [-0.2, 0) is 6.54 Å². The topological polar surface area (TPSA) is 61.0 Å². The number of hydrogen-bond acceptors (Lipinski definition) is 2. The summed E-state index contributed by atoms with van der Waals surface area (Å²) in [6.07, 6.45) is 7.44. The highest BCUT2D eigenvalue weighted by Crippen LogP contribution is 2.30. The lowest BCUT2D eigenvalue weighted by atomic mass is 10.1. The molecule has 1 saturated heterocycles. The molecule has 0 saturated carbocycles. The Morgan fingerprint density at radius 3 is 3.00 bits per heavy atom. The van der Waals surface area contributed by atoms with Crippen molar-refractivity contribution in [1.82, 2.24) is 20.2 Å². The predicted molar refractivity (Wildman–Crippen MR) is 75.9 cm³/mol. The normalized spacial score (nSPS) is 18.2. The number of urea groups is 1. The van der Waals surface area contributed by atoms with E-state index >= 15 is 0 Å². The molecule has 0 unspecified atom stereocenters. The molecule has 5 nitrogen and oxygen atoms in total. The summed E-state index contributed by atoms with van der Waals surface area (Å²) >= 11 is 0. The molecule has 0 radical (unpaired) electrons. The Morgan fingerprint density at radius 2 is 2.25 bits per heavy atom. The number of aromatic amines is 1. The summed E-state index contributed by atoms with van der Waals surface area (Å²) in [7, 11) is 0. The summed E-state index contributed by atoms with van der Waals surface area (Å²) in [5.74, 6) is 0. The zero-order valence-corrected chi connectivity index (χ0v) is 11.2. The largest absolute Gasteiger partial charge is 0.363 e. The van der Waals surface area contributed by atoms with Gasteiger partial charge in [-0.25, -0.2) is 4.79 Å². The lowest BCUT2D eigenvalue weighted by molar-refractivity contribution is 0.191. The van der Waals surface area contributed by atoms with E-state index < -0.39 is 0 Å². The minimum absolute atomic E-state index is 0.00101. The molecule has 1 aliphatic heterocycles. The maximum absolute atomic E-state index is 12.3. The van der Waals surface area contributed by atoms with Crippen molar-refractivity contribution in [1.29, 1.82) is 0 Å².